The third-order valence-corrected chi connectivity index (χ3v) is 6.44. The minimum absolute atomic E-state index is 0.0212. The Morgan fingerprint density at radius 2 is 1.65 bits per heavy atom. The number of nitrogens with zero attached hydrogens (tertiary/aromatic N) is 2. The first kappa shape index (κ1) is 27.4. The minimum Gasteiger partial charge on any atom is -0.385 e. The molecule has 0 aliphatic carbocycles. The monoisotopic (exact) mass is 493 g/mol. The smallest absolute Gasteiger partial charge is 0.242 e. The van der Waals surface area contributed by atoms with Crippen molar-refractivity contribution in [2.24, 2.45) is 0 Å². The molecule has 0 heterocycles. The molecule has 1 atom stereocenters. The van der Waals surface area contributed by atoms with Gasteiger partial charge in [-0.25, -0.2) is 12.8 Å². The number of ether oxygens (including phenoxy) is 1. The van der Waals surface area contributed by atoms with E-state index in [4.69, 9.17) is 4.74 Å². The first-order valence-electron chi connectivity index (χ1n) is 10.9. The van der Waals surface area contributed by atoms with Crippen LogP contribution in [0.1, 0.15) is 24.5 Å². The zero-order chi connectivity index (χ0) is 25.1. The van der Waals surface area contributed by atoms with E-state index in [0.717, 1.165) is 16.1 Å². The van der Waals surface area contributed by atoms with Gasteiger partial charge < -0.3 is 15.0 Å². The normalized spacial score (nSPS) is 12.4. The lowest BCUT2D eigenvalue weighted by molar-refractivity contribution is -0.140. The van der Waals surface area contributed by atoms with Gasteiger partial charge in [-0.2, -0.15) is 4.31 Å². The number of halogens is 1. The summed E-state index contributed by atoms with van der Waals surface area (Å²) in [5, 5.41) is 2.77. The molecule has 1 N–H and O–H groups in total. The van der Waals surface area contributed by atoms with Crippen LogP contribution in [0, 0.1) is 5.82 Å². The van der Waals surface area contributed by atoms with E-state index < -0.39 is 34.3 Å². The zero-order valence-corrected chi connectivity index (χ0v) is 20.6. The van der Waals surface area contributed by atoms with Crippen molar-refractivity contribution in [1.82, 2.24) is 14.5 Å². The molecule has 10 heteroatoms. The summed E-state index contributed by atoms with van der Waals surface area (Å²) in [6.45, 7) is 2.04. The number of sulfonamides is 1. The lowest BCUT2D eigenvalue weighted by Crippen LogP contribution is -2.51. The van der Waals surface area contributed by atoms with E-state index in [1.807, 2.05) is 6.07 Å². The second-order valence-electron chi connectivity index (χ2n) is 7.98. The van der Waals surface area contributed by atoms with Crippen LogP contribution in [0.2, 0.25) is 0 Å². The van der Waals surface area contributed by atoms with Crippen molar-refractivity contribution in [2.45, 2.75) is 32.5 Å². The highest BCUT2D eigenvalue weighted by molar-refractivity contribution is 7.88. The van der Waals surface area contributed by atoms with Gasteiger partial charge in [0.25, 0.3) is 0 Å². The Morgan fingerprint density at radius 1 is 1.03 bits per heavy atom. The Balaban J connectivity index is 2.23. The van der Waals surface area contributed by atoms with Crippen molar-refractivity contribution in [2.75, 3.05) is 33.1 Å². The van der Waals surface area contributed by atoms with Crippen LogP contribution in [-0.4, -0.2) is 68.5 Å². The van der Waals surface area contributed by atoms with E-state index in [1.165, 1.54) is 29.2 Å². The van der Waals surface area contributed by atoms with Gasteiger partial charge in [-0.05, 0) is 36.6 Å². The van der Waals surface area contributed by atoms with Gasteiger partial charge in [-0.3, -0.25) is 9.59 Å². The molecule has 0 bridgehead atoms. The number of rotatable bonds is 13. The van der Waals surface area contributed by atoms with E-state index in [0.29, 0.717) is 25.1 Å². The van der Waals surface area contributed by atoms with E-state index in [1.54, 1.807) is 38.3 Å². The predicted molar refractivity (Wildman–Crippen MR) is 128 cm³/mol. The fourth-order valence-electron chi connectivity index (χ4n) is 3.26. The van der Waals surface area contributed by atoms with Crippen molar-refractivity contribution in [3.05, 3.63) is 71.5 Å². The van der Waals surface area contributed by atoms with Gasteiger partial charge in [-0.1, -0.05) is 42.5 Å². The number of benzene rings is 2. The molecule has 0 aromatic heterocycles. The lowest BCUT2D eigenvalue weighted by Gasteiger charge is -2.31. The zero-order valence-electron chi connectivity index (χ0n) is 19.7. The summed E-state index contributed by atoms with van der Waals surface area (Å²) in [5.41, 5.74) is 1.34. The molecule has 0 spiro atoms. The van der Waals surface area contributed by atoms with Gasteiger partial charge in [0.2, 0.25) is 21.8 Å². The summed E-state index contributed by atoms with van der Waals surface area (Å²) >= 11 is 0. The third-order valence-electron chi connectivity index (χ3n) is 5.24. The van der Waals surface area contributed by atoms with Crippen LogP contribution in [0.3, 0.4) is 0 Å². The van der Waals surface area contributed by atoms with Gasteiger partial charge in [0, 0.05) is 33.4 Å². The van der Waals surface area contributed by atoms with Crippen LogP contribution < -0.4 is 5.32 Å². The topological polar surface area (TPSA) is 96.0 Å². The molecule has 2 rings (SSSR count). The molecular formula is C24H32FN3O5S. The van der Waals surface area contributed by atoms with E-state index in [2.05, 4.69) is 5.32 Å². The summed E-state index contributed by atoms with van der Waals surface area (Å²) in [4.78, 5) is 27.4. The SMILES string of the molecule is COCCCNC(=O)[C@H](C)N(Cc1ccc(F)cc1)C(=O)CN(Cc1ccccc1)S(C)(=O)=O. The van der Waals surface area contributed by atoms with Gasteiger partial charge in [0.1, 0.15) is 11.9 Å². The largest absolute Gasteiger partial charge is 0.385 e. The average Bonchev–Trinajstić information content (AvgIpc) is 2.80. The summed E-state index contributed by atoms with van der Waals surface area (Å²) in [6.07, 6.45) is 1.65. The van der Waals surface area contributed by atoms with E-state index in [9.17, 15) is 22.4 Å². The standard InChI is InChI=1S/C24H32FN3O5S/c1-19(24(30)26-14-7-15-33-2)28(17-21-10-12-22(25)13-11-21)23(29)18-27(34(3,31)32)16-20-8-5-4-6-9-20/h4-6,8-13,19H,7,14-18H2,1-3H3,(H,26,30)/t19-/m0/s1. The first-order valence-corrected chi connectivity index (χ1v) is 12.8. The first-order chi connectivity index (χ1) is 16.1. The van der Waals surface area contributed by atoms with Gasteiger partial charge in [-0.15, -0.1) is 0 Å². The molecule has 0 aliphatic heterocycles. The molecule has 0 unspecified atom stereocenters. The van der Waals surface area contributed by atoms with E-state index >= 15 is 0 Å². The molecule has 0 saturated heterocycles. The Morgan fingerprint density at radius 3 is 2.24 bits per heavy atom. The minimum atomic E-state index is -3.71. The van der Waals surface area contributed by atoms with Gasteiger partial charge in [0.15, 0.2) is 0 Å². The maximum Gasteiger partial charge on any atom is 0.242 e. The Hall–Kier alpha value is -2.82. The lowest BCUT2D eigenvalue weighted by atomic mass is 10.1. The Kier molecular flexibility index (Phi) is 10.6. The van der Waals surface area contributed by atoms with Gasteiger partial charge >= 0.3 is 0 Å². The summed E-state index contributed by atoms with van der Waals surface area (Å²) in [6, 6.07) is 13.6. The fourth-order valence-corrected chi connectivity index (χ4v) is 3.99. The van der Waals surface area contributed by atoms with Gasteiger partial charge in [0.05, 0.1) is 12.8 Å². The number of methoxy groups -OCH3 is 1. The fraction of sp³-hybridized carbons (Fsp3) is 0.417. The number of hydrogen-bond donors (Lipinski definition) is 1. The van der Waals surface area contributed by atoms with Crippen molar-refractivity contribution >= 4 is 21.8 Å². The maximum absolute atomic E-state index is 13.4. The summed E-state index contributed by atoms with van der Waals surface area (Å²) in [5.74, 6) is -1.33. The van der Waals surface area contributed by atoms with Crippen molar-refractivity contribution in [1.29, 1.82) is 0 Å². The van der Waals surface area contributed by atoms with Crippen LogP contribution in [-0.2, 0) is 37.4 Å². The highest BCUT2D eigenvalue weighted by Crippen LogP contribution is 2.14. The quantitative estimate of drug-likeness (QED) is 0.432. The van der Waals surface area contributed by atoms with Crippen LogP contribution in [0.5, 0.6) is 0 Å². The third kappa shape index (κ3) is 8.85. The molecule has 0 fully saturated rings. The maximum atomic E-state index is 13.4. The Bertz CT molecular complexity index is 1030. The van der Waals surface area contributed by atoms with Crippen LogP contribution in [0.4, 0.5) is 4.39 Å². The highest BCUT2D eigenvalue weighted by atomic mass is 32.2. The summed E-state index contributed by atoms with van der Waals surface area (Å²) < 4.78 is 44.2. The molecule has 186 valence electrons. The molecule has 8 nitrogen and oxygen atoms in total. The average molecular weight is 494 g/mol. The number of nitrogens with one attached hydrogen (secondary N) is 1. The number of amides is 2. The number of carbonyl (C=O) groups is 2. The molecule has 2 amide bonds. The van der Waals surface area contributed by atoms with Crippen molar-refractivity contribution < 1.29 is 27.1 Å². The molecule has 0 saturated carbocycles. The number of hydrogen-bond acceptors (Lipinski definition) is 5. The predicted octanol–water partition coefficient (Wildman–Crippen LogP) is 2.16. The molecular weight excluding hydrogens is 461 g/mol. The van der Waals surface area contributed by atoms with Crippen LogP contribution >= 0.6 is 0 Å². The number of carbonyl (C=O) groups excluding carboxylic acids is 2. The molecule has 2 aromatic rings. The second kappa shape index (κ2) is 13.2. The van der Waals surface area contributed by atoms with E-state index in [-0.39, 0.29) is 19.0 Å². The van der Waals surface area contributed by atoms with Crippen LogP contribution in [0.15, 0.2) is 54.6 Å². The summed E-state index contributed by atoms with van der Waals surface area (Å²) in [7, 11) is -2.15. The molecule has 0 aliphatic rings. The van der Waals surface area contributed by atoms with Crippen LogP contribution in [0.25, 0.3) is 0 Å². The highest BCUT2D eigenvalue weighted by Gasteiger charge is 2.29. The van der Waals surface area contributed by atoms with Crippen molar-refractivity contribution in [3.8, 4) is 0 Å². The second-order valence-corrected chi connectivity index (χ2v) is 9.96. The molecule has 2 aromatic carbocycles. The molecule has 34 heavy (non-hydrogen) atoms. The Labute approximate surface area is 200 Å². The molecule has 0 radical (unpaired) electrons. The van der Waals surface area contributed by atoms with Crippen molar-refractivity contribution in [3.63, 3.8) is 0 Å².